The third kappa shape index (κ3) is 2.54. The maximum Gasteiger partial charge on any atom is 0.324 e. The summed E-state index contributed by atoms with van der Waals surface area (Å²) >= 11 is 0. The quantitative estimate of drug-likeness (QED) is 0.847. The van der Waals surface area contributed by atoms with Crippen LogP contribution in [0.15, 0.2) is 0 Å². The average molecular weight is 267 g/mol. The lowest BCUT2D eigenvalue weighted by molar-refractivity contribution is -0.153. The lowest BCUT2D eigenvalue weighted by atomic mass is 9.75. The summed E-state index contributed by atoms with van der Waals surface area (Å²) in [5, 5.41) is 9.75. The highest BCUT2D eigenvalue weighted by Gasteiger charge is 2.50. The van der Waals surface area contributed by atoms with Gasteiger partial charge in [0.2, 0.25) is 0 Å². The third-order valence-electron chi connectivity index (χ3n) is 5.56. The van der Waals surface area contributed by atoms with Gasteiger partial charge in [-0.25, -0.2) is 0 Å². The Morgan fingerprint density at radius 2 is 2.00 bits per heavy atom. The molecule has 3 nitrogen and oxygen atoms in total. The number of hydrogen-bond acceptors (Lipinski definition) is 2. The lowest BCUT2D eigenvalue weighted by Gasteiger charge is -2.46. The van der Waals surface area contributed by atoms with Crippen LogP contribution in [-0.2, 0) is 4.79 Å². The summed E-state index contributed by atoms with van der Waals surface area (Å²) in [4.78, 5) is 14.2. The second kappa shape index (κ2) is 5.82. The molecule has 1 aliphatic heterocycles. The van der Waals surface area contributed by atoms with Crippen LogP contribution in [0.5, 0.6) is 0 Å². The molecule has 1 N–H and O–H groups in total. The molecule has 0 spiro atoms. The summed E-state index contributed by atoms with van der Waals surface area (Å²) in [6, 6.07) is 0.493. The fourth-order valence-corrected chi connectivity index (χ4v) is 4.45. The van der Waals surface area contributed by atoms with Gasteiger partial charge in [0.05, 0.1) is 0 Å². The first-order valence-electron chi connectivity index (χ1n) is 8.03. The zero-order valence-corrected chi connectivity index (χ0v) is 12.7. The van der Waals surface area contributed by atoms with Crippen molar-refractivity contribution in [1.29, 1.82) is 0 Å². The summed E-state index contributed by atoms with van der Waals surface area (Å²) in [5.74, 6) is 0.743. The molecule has 1 heterocycles. The Bertz CT molecular complexity index is 329. The third-order valence-corrected chi connectivity index (χ3v) is 5.56. The molecule has 0 aromatic rings. The molecule has 1 saturated heterocycles. The number of hydrogen-bond donors (Lipinski definition) is 1. The topological polar surface area (TPSA) is 40.5 Å². The summed E-state index contributed by atoms with van der Waals surface area (Å²) in [6.07, 6.45) is 7.67. The standard InChI is InChI=1S/C16H29NO2/c1-4-16(15(18)19)10-7-11-17(16)14-9-6-5-8-13(14)12(2)3/h12-14H,4-11H2,1-3H3,(H,18,19). The number of likely N-dealkylation sites (tertiary alicyclic amines) is 1. The summed E-state index contributed by atoms with van der Waals surface area (Å²) in [5.41, 5.74) is -0.574. The molecule has 1 aliphatic carbocycles. The minimum absolute atomic E-state index is 0.493. The molecule has 0 radical (unpaired) electrons. The summed E-state index contributed by atoms with van der Waals surface area (Å²) in [7, 11) is 0. The molecule has 0 bridgehead atoms. The van der Waals surface area contributed by atoms with E-state index in [1.165, 1.54) is 25.7 Å². The molecule has 1 saturated carbocycles. The average Bonchev–Trinajstić information content (AvgIpc) is 2.83. The van der Waals surface area contributed by atoms with Crippen molar-refractivity contribution in [2.45, 2.75) is 77.3 Å². The first-order chi connectivity index (χ1) is 9.03. The predicted molar refractivity (Wildman–Crippen MR) is 77.2 cm³/mol. The van der Waals surface area contributed by atoms with Gasteiger partial charge in [-0.2, -0.15) is 0 Å². The largest absolute Gasteiger partial charge is 0.480 e. The van der Waals surface area contributed by atoms with Crippen LogP contribution in [0.2, 0.25) is 0 Å². The van der Waals surface area contributed by atoms with E-state index >= 15 is 0 Å². The molecule has 2 fully saturated rings. The summed E-state index contributed by atoms with van der Waals surface area (Å²) < 4.78 is 0. The number of nitrogens with zero attached hydrogens (tertiary/aromatic N) is 1. The van der Waals surface area contributed by atoms with Crippen molar-refractivity contribution in [3.8, 4) is 0 Å². The normalized spacial score (nSPS) is 36.8. The van der Waals surface area contributed by atoms with Gasteiger partial charge in [-0.3, -0.25) is 9.69 Å². The van der Waals surface area contributed by atoms with Crippen molar-refractivity contribution in [3.63, 3.8) is 0 Å². The van der Waals surface area contributed by atoms with E-state index in [0.717, 1.165) is 25.8 Å². The van der Waals surface area contributed by atoms with Gasteiger partial charge < -0.3 is 5.11 Å². The van der Waals surface area contributed by atoms with Gasteiger partial charge in [-0.15, -0.1) is 0 Å². The molecule has 19 heavy (non-hydrogen) atoms. The van der Waals surface area contributed by atoms with Crippen molar-refractivity contribution < 1.29 is 9.90 Å². The van der Waals surface area contributed by atoms with E-state index in [4.69, 9.17) is 0 Å². The second-order valence-electron chi connectivity index (χ2n) is 6.75. The molecular formula is C16H29NO2. The van der Waals surface area contributed by atoms with Gasteiger partial charge in [0, 0.05) is 6.04 Å². The van der Waals surface area contributed by atoms with Gasteiger partial charge in [0.25, 0.3) is 0 Å². The van der Waals surface area contributed by atoms with E-state index in [2.05, 4.69) is 18.7 Å². The SMILES string of the molecule is CCC1(C(=O)O)CCCN1C1CCCCC1C(C)C. The summed E-state index contributed by atoms with van der Waals surface area (Å²) in [6.45, 7) is 7.62. The molecular weight excluding hydrogens is 238 g/mol. The van der Waals surface area contributed by atoms with E-state index in [9.17, 15) is 9.90 Å². The Kier molecular flexibility index (Phi) is 4.54. The predicted octanol–water partition coefficient (Wildman–Crippen LogP) is 3.53. The zero-order chi connectivity index (χ0) is 14.0. The van der Waals surface area contributed by atoms with Gasteiger partial charge in [0.15, 0.2) is 0 Å². The van der Waals surface area contributed by atoms with Gasteiger partial charge in [0.1, 0.15) is 5.54 Å². The molecule has 3 atom stereocenters. The number of carbonyl (C=O) groups is 1. The van der Waals surface area contributed by atoms with Crippen molar-refractivity contribution in [2.24, 2.45) is 11.8 Å². The Balaban J connectivity index is 2.24. The minimum Gasteiger partial charge on any atom is -0.480 e. The molecule has 2 rings (SSSR count). The smallest absolute Gasteiger partial charge is 0.324 e. The zero-order valence-electron chi connectivity index (χ0n) is 12.7. The number of carboxylic acid groups (broad SMARTS) is 1. The molecule has 110 valence electrons. The maximum atomic E-state index is 11.8. The van der Waals surface area contributed by atoms with Crippen LogP contribution in [0, 0.1) is 11.8 Å². The van der Waals surface area contributed by atoms with Crippen LogP contribution in [-0.4, -0.2) is 34.1 Å². The Hall–Kier alpha value is -0.570. The molecule has 0 aromatic carbocycles. The van der Waals surface area contributed by atoms with E-state index < -0.39 is 11.5 Å². The number of rotatable bonds is 4. The van der Waals surface area contributed by atoms with Crippen LogP contribution < -0.4 is 0 Å². The first-order valence-corrected chi connectivity index (χ1v) is 8.03. The Morgan fingerprint density at radius 3 is 2.58 bits per heavy atom. The molecule has 0 amide bonds. The second-order valence-corrected chi connectivity index (χ2v) is 6.75. The fourth-order valence-electron chi connectivity index (χ4n) is 4.45. The number of carboxylic acids is 1. The highest BCUT2D eigenvalue weighted by Crippen LogP contribution is 2.42. The van der Waals surface area contributed by atoms with Crippen LogP contribution in [0.4, 0.5) is 0 Å². The van der Waals surface area contributed by atoms with E-state index in [-0.39, 0.29) is 0 Å². The van der Waals surface area contributed by atoms with Gasteiger partial charge in [-0.05, 0) is 50.5 Å². The fraction of sp³-hybridized carbons (Fsp3) is 0.938. The Morgan fingerprint density at radius 1 is 1.32 bits per heavy atom. The van der Waals surface area contributed by atoms with Crippen molar-refractivity contribution >= 4 is 5.97 Å². The minimum atomic E-state index is -0.597. The Labute approximate surface area is 117 Å². The highest BCUT2D eigenvalue weighted by atomic mass is 16.4. The van der Waals surface area contributed by atoms with E-state index in [1.807, 2.05) is 6.92 Å². The van der Waals surface area contributed by atoms with Gasteiger partial charge in [-0.1, -0.05) is 33.6 Å². The molecule has 0 aromatic heterocycles. The molecule has 2 aliphatic rings. The van der Waals surface area contributed by atoms with Crippen LogP contribution in [0.25, 0.3) is 0 Å². The molecule has 3 unspecified atom stereocenters. The molecule has 3 heteroatoms. The van der Waals surface area contributed by atoms with Crippen LogP contribution in [0.1, 0.15) is 65.7 Å². The maximum absolute atomic E-state index is 11.8. The lowest BCUT2D eigenvalue weighted by Crippen LogP contribution is -2.57. The van der Waals surface area contributed by atoms with Crippen molar-refractivity contribution in [3.05, 3.63) is 0 Å². The number of aliphatic carboxylic acids is 1. The van der Waals surface area contributed by atoms with Crippen LogP contribution in [0.3, 0.4) is 0 Å². The van der Waals surface area contributed by atoms with E-state index in [1.54, 1.807) is 0 Å². The first kappa shape index (κ1) is 14.8. The monoisotopic (exact) mass is 267 g/mol. The van der Waals surface area contributed by atoms with Crippen molar-refractivity contribution in [2.75, 3.05) is 6.54 Å². The van der Waals surface area contributed by atoms with E-state index in [0.29, 0.717) is 17.9 Å². The van der Waals surface area contributed by atoms with Crippen LogP contribution >= 0.6 is 0 Å². The highest BCUT2D eigenvalue weighted by molar-refractivity contribution is 5.79. The van der Waals surface area contributed by atoms with Crippen molar-refractivity contribution in [1.82, 2.24) is 4.90 Å². The van der Waals surface area contributed by atoms with Gasteiger partial charge >= 0.3 is 5.97 Å².